The average molecular weight is 454 g/mol. The largest absolute Gasteiger partial charge is 0.348 e. The number of unbranched alkanes of at least 4 members (excludes halogenated alkanes) is 1. The molecule has 170 valence electrons. The average Bonchev–Trinajstić information content (AvgIpc) is 3.28. The van der Waals surface area contributed by atoms with Crippen LogP contribution in [0.1, 0.15) is 30.9 Å². The number of aryl methyl sites for hydroxylation is 1. The van der Waals surface area contributed by atoms with Gasteiger partial charge in [0.15, 0.2) is 17.5 Å². The van der Waals surface area contributed by atoms with Gasteiger partial charge in [0, 0.05) is 18.9 Å². The first kappa shape index (κ1) is 22.0. The molecule has 0 saturated carbocycles. The van der Waals surface area contributed by atoms with Gasteiger partial charge in [-0.3, -0.25) is 0 Å². The third-order valence-electron chi connectivity index (χ3n) is 6.04. The molecule has 5 rings (SSSR count). The second-order valence-corrected chi connectivity index (χ2v) is 8.53. The highest BCUT2D eigenvalue weighted by Gasteiger charge is 2.17. The third kappa shape index (κ3) is 4.60. The minimum Gasteiger partial charge on any atom is -0.348 e. The molecule has 34 heavy (non-hydrogen) atoms. The van der Waals surface area contributed by atoms with Crippen molar-refractivity contribution in [1.82, 2.24) is 14.5 Å². The van der Waals surface area contributed by atoms with Crippen molar-refractivity contribution < 1.29 is 8.78 Å². The number of halogens is 2. The van der Waals surface area contributed by atoms with E-state index in [1.807, 2.05) is 23.0 Å². The van der Waals surface area contributed by atoms with Crippen molar-refractivity contribution in [1.29, 1.82) is 0 Å². The summed E-state index contributed by atoms with van der Waals surface area (Å²) in [5.41, 5.74) is 6.29. The Morgan fingerprint density at radius 2 is 1.44 bits per heavy atom. The Bertz CT molecular complexity index is 1370. The summed E-state index contributed by atoms with van der Waals surface area (Å²) in [6.45, 7) is 2.88. The van der Waals surface area contributed by atoms with Crippen LogP contribution in [-0.4, -0.2) is 14.5 Å². The summed E-state index contributed by atoms with van der Waals surface area (Å²) >= 11 is 0. The topological polar surface area (TPSA) is 30.7 Å². The molecule has 0 bridgehead atoms. The smallest absolute Gasteiger partial charge is 0.169 e. The lowest BCUT2D eigenvalue weighted by Crippen LogP contribution is -2.00. The van der Waals surface area contributed by atoms with E-state index in [1.165, 1.54) is 41.7 Å². The second-order valence-electron chi connectivity index (χ2n) is 8.53. The number of hydrogen-bond donors (Lipinski definition) is 0. The van der Waals surface area contributed by atoms with E-state index in [9.17, 15) is 8.78 Å². The summed E-state index contributed by atoms with van der Waals surface area (Å²) in [4.78, 5) is 8.80. The standard InChI is InChI=1S/C29H25F2N3/c1-2-3-5-20-8-12-22(13-9-20)23-14-10-21(11-15-23)18-34-17-16-26-27(19-34)33-29(32-26)24-6-4-7-25(30)28(24)31/h4,6-17,19H,2-3,5,18H2,1H3. The molecule has 0 amide bonds. The van der Waals surface area contributed by atoms with Crippen molar-refractivity contribution in [2.75, 3.05) is 0 Å². The molecule has 3 aromatic carbocycles. The summed E-state index contributed by atoms with van der Waals surface area (Å²) in [5, 5.41) is 0. The van der Waals surface area contributed by atoms with Crippen LogP contribution in [0.5, 0.6) is 0 Å². The van der Waals surface area contributed by atoms with Crippen molar-refractivity contribution >= 4 is 0 Å². The Balaban J connectivity index is 1.32. The first-order valence-corrected chi connectivity index (χ1v) is 11.6. The van der Waals surface area contributed by atoms with Gasteiger partial charge >= 0.3 is 0 Å². The number of nitrogens with zero attached hydrogens (tertiary/aromatic N) is 3. The van der Waals surface area contributed by atoms with Crippen LogP contribution in [-0.2, 0) is 13.0 Å². The number of imidazole rings is 1. The van der Waals surface area contributed by atoms with E-state index < -0.39 is 11.6 Å². The second kappa shape index (κ2) is 9.56. The van der Waals surface area contributed by atoms with Gasteiger partial charge in [-0.05, 0) is 53.3 Å². The molecule has 0 N–H and O–H groups in total. The predicted molar refractivity (Wildman–Crippen MR) is 132 cm³/mol. The zero-order chi connectivity index (χ0) is 23.5. The minimum absolute atomic E-state index is 0.0664. The van der Waals surface area contributed by atoms with E-state index in [0.717, 1.165) is 18.1 Å². The molecule has 0 aliphatic carbocycles. The minimum atomic E-state index is -0.929. The van der Waals surface area contributed by atoms with E-state index >= 15 is 0 Å². The monoisotopic (exact) mass is 453 g/mol. The maximum atomic E-state index is 14.1. The number of fused-ring (bicyclic) bond motifs is 1. The highest BCUT2D eigenvalue weighted by Crippen LogP contribution is 2.28. The van der Waals surface area contributed by atoms with Gasteiger partial charge in [-0.2, -0.15) is 0 Å². The lowest BCUT2D eigenvalue weighted by molar-refractivity contribution is 0.510. The van der Waals surface area contributed by atoms with E-state index in [4.69, 9.17) is 0 Å². The zero-order valence-electron chi connectivity index (χ0n) is 19.0. The van der Waals surface area contributed by atoms with Crippen molar-refractivity contribution in [3.8, 4) is 33.9 Å². The van der Waals surface area contributed by atoms with E-state index in [-0.39, 0.29) is 11.4 Å². The van der Waals surface area contributed by atoms with E-state index in [1.54, 1.807) is 0 Å². The number of benzene rings is 3. The van der Waals surface area contributed by atoms with Gasteiger partial charge in [0.05, 0.1) is 11.3 Å². The van der Waals surface area contributed by atoms with Crippen LogP contribution in [0.15, 0.2) is 85.2 Å². The van der Waals surface area contributed by atoms with Crippen LogP contribution in [0.4, 0.5) is 8.78 Å². The van der Waals surface area contributed by atoms with Crippen LogP contribution < -0.4 is 0 Å². The number of aromatic nitrogens is 3. The quantitative estimate of drug-likeness (QED) is 0.257. The Morgan fingerprint density at radius 3 is 2.15 bits per heavy atom. The van der Waals surface area contributed by atoms with Gasteiger partial charge in [-0.15, -0.1) is 0 Å². The van der Waals surface area contributed by atoms with Crippen molar-refractivity contribution in [3.63, 3.8) is 0 Å². The maximum absolute atomic E-state index is 14.1. The molecule has 5 heteroatoms. The van der Waals surface area contributed by atoms with Crippen molar-refractivity contribution in [2.24, 2.45) is 0 Å². The van der Waals surface area contributed by atoms with Gasteiger partial charge in [-0.25, -0.2) is 18.7 Å². The lowest BCUT2D eigenvalue weighted by atomic mass is 10.0. The fraction of sp³-hybridized carbons (Fsp3) is 0.172. The summed E-state index contributed by atoms with van der Waals surface area (Å²) in [7, 11) is 0. The third-order valence-corrected chi connectivity index (χ3v) is 6.04. The molecule has 0 saturated heterocycles. The van der Waals surface area contributed by atoms with E-state index in [0.29, 0.717) is 17.9 Å². The van der Waals surface area contributed by atoms with Crippen molar-refractivity contribution in [3.05, 3.63) is 108 Å². The number of rotatable bonds is 7. The highest BCUT2D eigenvalue weighted by molar-refractivity contribution is 5.66. The van der Waals surface area contributed by atoms with Gasteiger partial charge in [0.1, 0.15) is 5.69 Å². The molecule has 0 radical (unpaired) electrons. The first-order valence-electron chi connectivity index (χ1n) is 11.6. The Hall–Kier alpha value is -3.86. The molecule has 0 spiro atoms. The summed E-state index contributed by atoms with van der Waals surface area (Å²) in [6.07, 6.45) is 7.36. The molecule has 0 atom stereocenters. The highest BCUT2D eigenvalue weighted by atomic mass is 19.2. The number of pyridine rings is 1. The van der Waals surface area contributed by atoms with Gasteiger partial charge < -0.3 is 4.57 Å². The van der Waals surface area contributed by atoms with Crippen LogP contribution in [0.2, 0.25) is 0 Å². The molecular weight excluding hydrogens is 428 g/mol. The molecule has 0 unspecified atom stereocenters. The fourth-order valence-corrected chi connectivity index (χ4v) is 4.11. The Morgan fingerprint density at radius 1 is 0.765 bits per heavy atom. The van der Waals surface area contributed by atoms with Crippen LogP contribution in [0.25, 0.3) is 33.9 Å². The molecule has 0 fully saturated rings. The first-order chi connectivity index (χ1) is 16.6. The fourth-order valence-electron chi connectivity index (χ4n) is 4.11. The number of hydrogen-bond acceptors (Lipinski definition) is 2. The van der Waals surface area contributed by atoms with Crippen LogP contribution in [0.3, 0.4) is 0 Å². The van der Waals surface area contributed by atoms with E-state index in [2.05, 4.69) is 65.4 Å². The van der Waals surface area contributed by atoms with Crippen molar-refractivity contribution in [2.45, 2.75) is 32.7 Å². The molecular formula is C29H25F2N3. The van der Waals surface area contributed by atoms with Crippen LogP contribution in [0, 0.1) is 11.6 Å². The SMILES string of the molecule is CCCCc1ccc(-c2ccc(Cn3ccc4nc(-c5cccc(F)c5F)nc-4c3)cc2)cc1. The Labute approximate surface area is 198 Å². The molecule has 2 aliphatic rings. The van der Waals surface area contributed by atoms with Crippen LogP contribution >= 0.6 is 0 Å². The maximum Gasteiger partial charge on any atom is 0.169 e. The zero-order valence-corrected chi connectivity index (χ0v) is 19.0. The molecule has 0 aromatic heterocycles. The van der Waals surface area contributed by atoms with Gasteiger partial charge in [-0.1, -0.05) is 67.9 Å². The predicted octanol–water partition coefficient (Wildman–Crippen LogP) is 7.39. The summed E-state index contributed by atoms with van der Waals surface area (Å²) in [6, 6.07) is 23.2. The normalized spacial score (nSPS) is 11.3. The summed E-state index contributed by atoms with van der Waals surface area (Å²) in [5.74, 6) is -1.64. The Kier molecular flexibility index (Phi) is 6.17. The summed E-state index contributed by atoms with van der Waals surface area (Å²) < 4.78 is 29.8. The lowest BCUT2D eigenvalue weighted by Gasteiger charge is -2.09. The van der Waals surface area contributed by atoms with Gasteiger partial charge in [0.2, 0.25) is 0 Å². The molecule has 3 aromatic rings. The molecule has 3 nitrogen and oxygen atoms in total. The molecule has 2 heterocycles. The molecule has 2 aliphatic heterocycles. The van der Waals surface area contributed by atoms with Gasteiger partial charge in [0.25, 0.3) is 0 Å².